The summed E-state index contributed by atoms with van der Waals surface area (Å²) >= 11 is 0. The molecular formula is C20H23FN3O2+. The van der Waals surface area contributed by atoms with Crippen molar-refractivity contribution in [1.29, 1.82) is 5.26 Å². The molecular weight excluding hydrogens is 333 g/mol. The Balaban J connectivity index is 2.07. The number of hydrogen-bond donors (Lipinski definition) is 2. The van der Waals surface area contributed by atoms with Gasteiger partial charge in [0.1, 0.15) is 6.54 Å². The van der Waals surface area contributed by atoms with Crippen LogP contribution in [0.4, 0.5) is 10.1 Å². The highest BCUT2D eigenvalue weighted by Crippen LogP contribution is 2.17. The van der Waals surface area contributed by atoms with E-state index in [1.165, 1.54) is 13.2 Å². The third-order valence-electron chi connectivity index (χ3n) is 4.37. The number of rotatable bonds is 7. The number of hydrogen-bond acceptors (Lipinski definition) is 3. The molecule has 26 heavy (non-hydrogen) atoms. The van der Waals surface area contributed by atoms with Crippen molar-refractivity contribution < 1.29 is 18.8 Å². The van der Waals surface area contributed by atoms with Gasteiger partial charge in [-0.3, -0.25) is 4.79 Å². The molecule has 0 saturated carbocycles. The number of nitrogens with one attached hydrogen (secondary N) is 2. The van der Waals surface area contributed by atoms with E-state index in [2.05, 4.69) is 5.32 Å². The predicted molar refractivity (Wildman–Crippen MR) is 97.4 cm³/mol. The molecule has 0 spiro atoms. The van der Waals surface area contributed by atoms with Gasteiger partial charge in [0, 0.05) is 11.3 Å². The Kier molecular flexibility index (Phi) is 6.70. The average Bonchev–Trinajstić information content (AvgIpc) is 2.65. The molecule has 0 aromatic heterocycles. The van der Waals surface area contributed by atoms with Crippen molar-refractivity contribution in [2.24, 2.45) is 0 Å². The Labute approximate surface area is 153 Å². The summed E-state index contributed by atoms with van der Waals surface area (Å²) in [6.45, 7) is 5.04. The summed E-state index contributed by atoms with van der Waals surface area (Å²) in [7, 11) is 1.43. The summed E-state index contributed by atoms with van der Waals surface area (Å²) in [4.78, 5) is 13.6. The van der Waals surface area contributed by atoms with Crippen molar-refractivity contribution in [2.75, 3.05) is 19.0 Å². The van der Waals surface area contributed by atoms with Gasteiger partial charge >= 0.3 is 0 Å². The van der Waals surface area contributed by atoms with Gasteiger partial charge in [0.05, 0.1) is 25.3 Å². The lowest BCUT2D eigenvalue weighted by Gasteiger charge is -2.24. The van der Waals surface area contributed by atoms with E-state index in [1.54, 1.807) is 36.4 Å². The van der Waals surface area contributed by atoms with Crippen molar-refractivity contribution in [2.45, 2.75) is 26.4 Å². The van der Waals surface area contributed by atoms with Crippen LogP contribution in [-0.4, -0.2) is 25.6 Å². The molecule has 136 valence electrons. The number of halogens is 1. The van der Waals surface area contributed by atoms with Crippen molar-refractivity contribution in [3.05, 3.63) is 59.4 Å². The maximum Gasteiger partial charge on any atom is 0.282 e. The number of nitrogens with zero attached hydrogens (tertiary/aromatic N) is 1. The Morgan fingerprint density at radius 3 is 2.73 bits per heavy atom. The first-order valence-electron chi connectivity index (χ1n) is 8.46. The van der Waals surface area contributed by atoms with Crippen LogP contribution in [0.3, 0.4) is 0 Å². The topological polar surface area (TPSA) is 66.6 Å². The molecule has 1 unspecified atom stereocenters. The second-order valence-corrected chi connectivity index (χ2v) is 6.06. The van der Waals surface area contributed by atoms with Gasteiger partial charge in [-0.1, -0.05) is 6.07 Å². The third-order valence-corrected chi connectivity index (χ3v) is 4.37. The van der Waals surface area contributed by atoms with E-state index in [0.29, 0.717) is 24.3 Å². The molecule has 0 aliphatic carbocycles. The molecule has 2 rings (SSSR count). The van der Waals surface area contributed by atoms with Crippen LogP contribution in [0.2, 0.25) is 0 Å². The summed E-state index contributed by atoms with van der Waals surface area (Å²) < 4.78 is 18.8. The van der Waals surface area contributed by atoms with Crippen molar-refractivity contribution in [3.8, 4) is 11.8 Å². The lowest BCUT2D eigenvalue weighted by molar-refractivity contribution is -0.925. The molecule has 0 aliphatic heterocycles. The first kappa shape index (κ1) is 19.4. The van der Waals surface area contributed by atoms with E-state index < -0.39 is 5.82 Å². The quantitative estimate of drug-likeness (QED) is 0.799. The first-order valence-corrected chi connectivity index (χ1v) is 8.46. The van der Waals surface area contributed by atoms with Gasteiger partial charge in [0.2, 0.25) is 0 Å². The number of benzene rings is 2. The molecule has 6 heteroatoms. The number of likely N-dealkylation sites (N-methyl/N-ethyl adjacent to an activating group) is 1. The molecule has 0 aliphatic rings. The number of nitriles is 1. The molecule has 2 aromatic carbocycles. The standard InChI is InChI=1S/C20H22FN3O2/c1-4-24(13-16-8-9-19(26-3)18(21)11-16)14(2)20(25)23-17-7-5-6-15(10-17)12-22/h5-11,14H,4,13H2,1-3H3,(H,23,25)/p+1/t14-/m0/s1. The third kappa shape index (κ3) is 4.80. The molecule has 0 radical (unpaired) electrons. The van der Waals surface area contributed by atoms with E-state index in [-0.39, 0.29) is 17.7 Å². The lowest BCUT2D eigenvalue weighted by Crippen LogP contribution is -3.15. The Bertz CT molecular complexity index is 817. The fraction of sp³-hybridized carbons (Fsp3) is 0.300. The molecule has 0 heterocycles. The molecule has 2 atom stereocenters. The largest absolute Gasteiger partial charge is 0.494 e. The van der Waals surface area contributed by atoms with Crippen LogP contribution in [0.5, 0.6) is 5.75 Å². The molecule has 1 amide bonds. The minimum atomic E-state index is -0.411. The first-order chi connectivity index (χ1) is 12.5. The van der Waals surface area contributed by atoms with Gasteiger partial charge in [-0.15, -0.1) is 0 Å². The highest BCUT2D eigenvalue weighted by Gasteiger charge is 2.24. The number of quaternary nitrogens is 1. The number of carbonyl (C=O) groups is 1. The van der Waals surface area contributed by atoms with Crippen molar-refractivity contribution in [1.82, 2.24) is 0 Å². The van der Waals surface area contributed by atoms with Gasteiger partial charge in [-0.25, -0.2) is 4.39 Å². The number of methoxy groups -OCH3 is 1. The van der Waals surface area contributed by atoms with Crippen LogP contribution >= 0.6 is 0 Å². The Morgan fingerprint density at radius 1 is 1.35 bits per heavy atom. The zero-order valence-corrected chi connectivity index (χ0v) is 15.2. The van der Waals surface area contributed by atoms with Crippen LogP contribution in [0, 0.1) is 17.1 Å². The summed E-state index contributed by atoms with van der Waals surface area (Å²) in [5.41, 5.74) is 1.88. The fourth-order valence-electron chi connectivity index (χ4n) is 2.77. The maximum atomic E-state index is 13.9. The summed E-state index contributed by atoms with van der Waals surface area (Å²) in [6.07, 6.45) is 0. The van der Waals surface area contributed by atoms with Crippen LogP contribution in [0.1, 0.15) is 25.0 Å². The molecule has 0 bridgehead atoms. The van der Waals surface area contributed by atoms with Crippen LogP contribution in [0.15, 0.2) is 42.5 Å². The highest BCUT2D eigenvalue weighted by molar-refractivity contribution is 5.93. The lowest BCUT2D eigenvalue weighted by atomic mass is 10.1. The van der Waals surface area contributed by atoms with Crippen LogP contribution < -0.4 is 15.0 Å². The maximum absolute atomic E-state index is 13.9. The van der Waals surface area contributed by atoms with Crippen LogP contribution in [0.25, 0.3) is 0 Å². The van der Waals surface area contributed by atoms with Gasteiger partial charge in [0.15, 0.2) is 17.6 Å². The average molecular weight is 356 g/mol. The van der Waals surface area contributed by atoms with Crippen molar-refractivity contribution >= 4 is 11.6 Å². The minimum absolute atomic E-state index is 0.147. The molecule has 2 aromatic rings. The molecule has 5 nitrogen and oxygen atoms in total. The second kappa shape index (κ2) is 8.97. The summed E-state index contributed by atoms with van der Waals surface area (Å²) in [5, 5.41) is 11.8. The van der Waals surface area contributed by atoms with Crippen molar-refractivity contribution in [3.63, 3.8) is 0 Å². The van der Waals surface area contributed by atoms with Gasteiger partial charge in [0.25, 0.3) is 5.91 Å². The van der Waals surface area contributed by atoms with E-state index in [4.69, 9.17) is 10.00 Å². The van der Waals surface area contributed by atoms with E-state index in [1.807, 2.05) is 19.9 Å². The van der Waals surface area contributed by atoms with E-state index in [0.717, 1.165) is 10.5 Å². The fourth-order valence-corrected chi connectivity index (χ4v) is 2.77. The normalized spacial score (nSPS) is 12.7. The number of ether oxygens (including phenoxy) is 1. The zero-order chi connectivity index (χ0) is 19.1. The summed E-state index contributed by atoms with van der Waals surface area (Å²) in [5.74, 6) is -0.355. The van der Waals surface area contributed by atoms with E-state index >= 15 is 0 Å². The SMILES string of the molecule is CC[NH+](Cc1ccc(OC)c(F)c1)[C@@H](C)C(=O)Nc1cccc(C#N)c1. The van der Waals surface area contributed by atoms with Gasteiger partial charge in [-0.05, 0) is 50.2 Å². The van der Waals surface area contributed by atoms with Crippen LogP contribution in [-0.2, 0) is 11.3 Å². The zero-order valence-electron chi connectivity index (χ0n) is 15.2. The number of amides is 1. The number of anilines is 1. The Hall–Kier alpha value is -2.91. The van der Waals surface area contributed by atoms with Gasteiger partial charge < -0.3 is 15.0 Å². The highest BCUT2D eigenvalue weighted by atomic mass is 19.1. The monoisotopic (exact) mass is 356 g/mol. The summed E-state index contributed by atoms with van der Waals surface area (Å²) in [6, 6.07) is 13.3. The Morgan fingerprint density at radius 2 is 2.12 bits per heavy atom. The minimum Gasteiger partial charge on any atom is -0.494 e. The smallest absolute Gasteiger partial charge is 0.282 e. The number of carbonyl (C=O) groups excluding carboxylic acids is 1. The second-order valence-electron chi connectivity index (χ2n) is 6.06. The molecule has 0 fully saturated rings. The van der Waals surface area contributed by atoms with E-state index in [9.17, 15) is 9.18 Å². The predicted octanol–water partition coefficient (Wildman–Crippen LogP) is 2.14. The molecule has 0 saturated heterocycles. The molecule has 2 N–H and O–H groups in total. The van der Waals surface area contributed by atoms with Gasteiger partial charge in [-0.2, -0.15) is 5.26 Å².